The summed E-state index contributed by atoms with van der Waals surface area (Å²) < 4.78 is 45.9. The molecule has 0 bridgehead atoms. The van der Waals surface area contributed by atoms with Crippen molar-refractivity contribution in [3.05, 3.63) is 59.4 Å². The first-order valence-electron chi connectivity index (χ1n) is 7.89. The van der Waals surface area contributed by atoms with Crippen molar-refractivity contribution in [1.29, 1.82) is 0 Å². The van der Waals surface area contributed by atoms with Crippen LogP contribution in [0.1, 0.15) is 24.0 Å². The molecule has 0 aliphatic carbocycles. The quantitative estimate of drug-likeness (QED) is 0.733. The number of hydrogen-bond donors (Lipinski definition) is 2. The SMILES string of the molecule is Cc1ccc(S(=O)(=O)NCC(C)c2ccc(OCC(=O)O)c(F)c2)cc1. The van der Waals surface area contributed by atoms with Gasteiger partial charge in [-0.25, -0.2) is 22.3 Å². The van der Waals surface area contributed by atoms with Gasteiger partial charge >= 0.3 is 5.97 Å². The number of aliphatic carboxylic acids is 1. The second-order valence-corrected chi connectivity index (χ2v) is 7.71. The van der Waals surface area contributed by atoms with Crippen LogP contribution in [0, 0.1) is 12.7 Å². The van der Waals surface area contributed by atoms with E-state index in [-0.39, 0.29) is 23.1 Å². The molecule has 0 heterocycles. The zero-order chi connectivity index (χ0) is 19.3. The first-order chi connectivity index (χ1) is 12.2. The largest absolute Gasteiger partial charge is 0.479 e. The molecule has 2 aromatic carbocycles. The number of halogens is 1. The summed E-state index contributed by atoms with van der Waals surface area (Å²) in [6.07, 6.45) is 0. The van der Waals surface area contributed by atoms with Crippen LogP contribution >= 0.6 is 0 Å². The first kappa shape index (κ1) is 19.9. The smallest absolute Gasteiger partial charge is 0.341 e. The summed E-state index contributed by atoms with van der Waals surface area (Å²) in [5.41, 5.74) is 1.52. The van der Waals surface area contributed by atoms with Gasteiger partial charge in [0.2, 0.25) is 10.0 Å². The molecule has 2 aromatic rings. The highest BCUT2D eigenvalue weighted by molar-refractivity contribution is 7.89. The van der Waals surface area contributed by atoms with Gasteiger partial charge in [-0.15, -0.1) is 0 Å². The molecule has 0 aliphatic rings. The molecule has 0 amide bonds. The molecule has 0 saturated heterocycles. The Morgan fingerprint density at radius 1 is 1.23 bits per heavy atom. The average molecular weight is 381 g/mol. The van der Waals surface area contributed by atoms with E-state index in [0.29, 0.717) is 5.56 Å². The molecule has 26 heavy (non-hydrogen) atoms. The number of aryl methyl sites for hydroxylation is 1. The highest BCUT2D eigenvalue weighted by Crippen LogP contribution is 2.23. The fourth-order valence-corrected chi connectivity index (χ4v) is 3.36. The van der Waals surface area contributed by atoms with Crippen molar-refractivity contribution in [2.24, 2.45) is 0 Å². The van der Waals surface area contributed by atoms with Gasteiger partial charge in [-0.1, -0.05) is 30.7 Å². The fourth-order valence-electron chi connectivity index (χ4n) is 2.23. The van der Waals surface area contributed by atoms with Crippen LogP contribution in [0.15, 0.2) is 47.4 Å². The molecule has 0 fully saturated rings. The van der Waals surface area contributed by atoms with Crippen molar-refractivity contribution >= 4 is 16.0 Å². The summed E-state index contributed by atoms with van der Waals surface area (Å²) in [4.78, 5) is 10.6. The molecule has 0 saturated carbocycles. The maximum atomic E-state index is 14.0. The summed E-state index contributed by atoms with van der Waals surface area (Å²) in [5.74, 6) is -2.36. The Morgan fingerprint density at radius 2 is 1.88 bits per heavy atom. The molecular formula is C18H20FNO5S. The van der Waals surface area contributed by atoms with Gasteiger partial charge in [0.05, 0.1) is 4.90 Å². The Bertz CT molecular complexity index is 881. The Kier molecular flexibility index (Phi) is 6.33. The third-order valence-corrected chi connectivity index (χ3v) is 5.23. The van der Waals surface area contributed by atoms with E-state index in [4.69, 9.17) is 9.84 Å². The number of hydrogen-bond acceptors (Lipinski definition) is 4. The van der Waals surface area contributed by atoms with Crippen LogP contribution in [0.4, 0.5) is 4.39 Å². The molecule has 0 aliphatic heterocycles. The normalized spacial score (nSPS) is 12.6. The van der Waals surface area contributed by atoms with E-state index in [9.17, 15) is 17.6 Å². The number of nitrogens with one attached hydrogen (secondary N) is 1. The first-order valence-corrected chi connectivity index (χ1v) is 9.38. The molecule has 0 radical (unpaired) electrons. The van der Waals surface area contributed by atoms with Crippen LogP contribution in [-0.2, 0) is 14.8 Å². The van der Waals surface area contributed by atoms with Gasteiger partial charge in [0.25, 0.3) is 0 Å². The maximum absolute atomic E-state index is 14.0. The monoisotopic (exact) mass is 381 g/mol. The third-order valence-electron chi connectivity index (χ3n) is 3.79. The predicted octanol–water partition coefficient (Wildman–Crippen LogP) is 2.68. The number of carbonyl (C=O) groups is 1. The minimum Gasteiger partial charge on any atom is -0.479 e. The summed E-state index contributed by atoms with van der Waals surface area (Å²) >= 11 is 0. The standard InChI is InChI=1S/C18H20FNO5S/c1-12-3-6-15(7-4-12)26(23,24)20-10-13(2)14-5-8-17(16(19)9-14)25-11-18(21)22/h3-9,13,20H,10-11H2,1-2H3,(H,21,22). The molecule has 1 atom stereocenters. The van der Waals surface area contributed by atoms with E-state index in [1.165, 1.54) is 24.3 Å². The van der Waals surface area contributed by atoms with Crippen LogP contribution in [0.3, 0.4) is 0 Å². The molecule has 0 spiro atoms. The van der Waals surface area contributed by atoms with E-state index in [2.05, 4.69) is 4.72 Å². The predicted molar refractivity (Wildman–Crippen MR) is 94.3 cm³/mol. The van der Waals surface area contributed by atoms with Crippen molar-refractivity contribution in [3.63, 3.8) is 0 Å². The Balaban J connectivity index is 2.03. The van der Waals surface area contributed by atoms with Crippen LogP contribution in [0.2, 0.25) is 0 Å². The van der Waals surface area contributed by atoms with Gasteiger partial charge < -0.3 is 9.84 Å². The van der Waals surface area contributed by atoms with Gasteiger partial charge in [-0.3, -0.25) is 0 Å². The molecule has 8 heteroatoms. The number of carboxylic acid groups (broad SMARTS) is 1. The number of ether oxygens (including phenoxy) is 1. The van der Waals surface area contributed by atoms with E-state index in [0.717, 1.165) is 5.56 Å². The van der Waals surface area contributed by atoms with Crippen molar-refractivity contribution < 1.29 is 27.4 Å². The lowest BCUT2D eigenvalue weighted by atomic mass is 10.0. The molecule has 1 unspecified atom stereocenters. The number of sulfonamides is 1. The van der Waals surface area contributed by atoms with E-state index >= 15 is 0 Å². The molecule has 0 aromatic heterocycles. The molecule has 2 N–H and O–H groups in total. The lowest BCUT2D eigenvalue weighted by Gasteiger charge is -2.15. The van der Waals surface area contributed by atoms with Gasteiger partial charge in [-0.05, 0) is 42.7 Å². The minimum absolute atomic E-state index is 0.0883. The second-order valence-electron chi connectivity index (χ2n) is 5.94. The van der Waals surface area contributed by atoms with Crippen LogP contribution in [0.5, 0.6) is 5.75 Å². The molecule has 6 nitrogen and oxygen atoms in total. The lowest BCUT2D eigenvalue weighted by molar-refractivity contribution is -0.139. The Morgan fingerprint density at radius 3 is 2.46 bits per heavy atom. The second kappa shape index (κ2) is 8.29. The van der Waals surface area contributed by atoms with Gasteiger partial charge in [0, 0.05) is 6.54 Å². The molecule has 140 valence electrons. The molecular weight excluding hydrogens is 361 g/mol. The van der Waals surface area contributed by atoms with Crippen molar-refractivity contribution in [2.45, 2.75) is 24.7 Å². The van der Waals surface area contributed by atoms with E-state index in [1.807, 2.05) is 6.92 Å². The minimum atomic E-state index is -3.65. The Hall–Kier alpha value is -2.45. The topological polar surface area (TPSA) is 92.7 Å². The summed E-state index contributed by atoms with van der Waals surface area (Å²) in [6.45, 7) is 3.07. The number of carboxylic acids is 1. The highest BCUT2D eigenvalue weighted by atomic mass is 32.2. The third kappa shape index (κ3) is 5.27. The van der Waals surface area contributed by atoms with Crippen LogP contribution < -0.4 is 9.46 Å². The van der Waals surface area contributed by atoms with Crippen molar-refractivity contribution in [1.82, 2.24) is 4.72 Å². The Labute approximate surface area is 151 Å². The average Bonchev–Trinajstić information content (AvgIpc) is 2.59. The highest BCUT2D eigenvalue weighted by Gasteiger charge is 2.17. The van der Waals surface area contributed by atoms with Gasteiger partial charge in [0.15, 0.2) is 18.2 Å². The van der Waals surface area contributed by atoms with Crippen LogP contribution in [-0.4, -0.2) is 32.6 Å². The number of rotatable bonds is 8. The van der Waals surface area contributed by atoms with Crippen molar-refractivity contribution in [3.8, 4) is 5.75 Å². The lowest BCUT2D eigenvalue weighted by Crippen LogP contribution is -2.27. The summed E-state index contributed by atoms with van der Waals surface area (Å²) in [5, 5.41) is 8.55. The van der Waals surface area contributed by atoms with Gasteiger partial charge in [-0.2, -0.15) is 0 Å². The molecule has 2 rings (SSSR count). The van der Waals surface area contributed by atoms with Gasteiger partial charge in [0.1, 0.15) is 0 Å². The summed E-state index contributed by atoms with van der Waals surface area (Å²) in [7, 11) is -3.65. The van der Waals surface area contributed by atoms with Crippen LogP contribution in [0.25, 0.3) is 0 Å². The number of benzene rings is 2. The fraction of sp³-hybridized carbons (Fsp3) is 0.278. The zero-order valence-corrected chi connectivity index (χ0v) is 15.2. The van der Waals surface area contributed by atoms with E-state index in [1.54, 1.807) is 25.1 Å². The summed E-state index contributed by atoms with van der Waals surface area (Å²) in [6, 6.07) is 10.6. The van der Waals surface area contributed by atoms with Crippen molar-refractivity contribution in [2.75, 3.05) is 13.2 Å². The zero-order valence-electron chi connectivity index (χ0n) is 14.4. The van der Waals surface area contributed by atoms with E-state index < -0.39 is 28.4 Å². The maximum Gasteiger partial charge on any atom is 0.341 e.